The fourth-order valence-corrected chi connectivity index (χ4v) is 5.22. The van der Waals surface area contributed by atoms with Crippen LogP contribution in [0.25, 0.3) is 5.65 Å². The molecule has 0 aromatic carbocycles. The molecule has 0 aliphatic carbocycles. The number of carbonyl (C=O) groups excluding carboxylic acids is 2. The molecule has 4 rings (SSSR count). The summed E-state index contributed by atoms with van der Waals surface area (Å²) >= 11 is 1.41. The minimum atomic E-state index is -1.35. The standard InChI is InChI=1S/C18H20N4O4S.Na/c1-9-14-13(10(2)23)17(24)22(14)15(18(25)26)16(9)27-7-5-11-8-21-12(20-11)4-3-6-19-21;/h3-4,6,8-10,13-14,23H,5,7H2,1-2H3,(H,25,26);/q;+1/p-1/t9-,10?,13?,14?;/m1./s1. The van der Waals surface area contributed by atoms with Crippen molar-refractivity contribution in [1.29, 1.82) is 0 Å². The number of aryl methyl sites for hydroxylation is 1. The van der Waals surface area contributed by atoms with Crippen LogP contribution in [0.5, 0.6) is 0 Å². The number of aromatic nitrogens is 3. The molecule has 2 aromatic heterocycles. The number of carboxylic acids is 1. The maximum Gasteiger partial charge on any atom is 1.00 e. The Kier molecular flexibility index (Phi) is 6.21. The van der Waals surface area contributed by atoms with Crippen molar-refractivity contribution in [3.63, 3.8) is 0 Å². The number of nitrogens with zero attached hydrogens (tertiary/aromatic N) is 4. The quantitative estimate of drug-likeness (QED) is 0.395. The monoisotopic (exact) mass is 410 g/mol. The van der Waals surface area contributed by atoms with Gasteiger partial charge in [-0.15, -0.1) is 11.8 Å². The second-order valence-electron chi connectivity index (χ2n) is 6.91. The minimum absolute atomic E-state index is 0. The van der Waals surface area contributed by atoms with E-state index < -0.39 is 18.0 Å². The van der Waals surface area contributed by atoms with E-state index in [1.54, 1.807) is 17.6 Å². The van der Waals surface area contributed by atoms with E-state index >= 15 is 0 Å². The number of thioether (sulfide) groups is 1. The number of aliphatic hydroxyl groups is 1. The molecule has 4 atom stereocenters. The van der Waals surface area contributed by atoms with Crippen molar-refractivity contribution in [2.24, 2.45) is 11.8 Å². The van der Waals surface area contributed by atoms with Gasteiger partial charge in [-0.25, -0.2) is 9.50 Å². The second kappa shape index (κ2) is 8.16. The molecule has 1 amide bonds. The molecule has 2 aliphatic heterocycles. The van der Waals surface area contributed by atoms with Crippen LogP contribution in [0.1, 0.15) is 19.5 Å². The summed E-state index contributed by atoms with van der Waals surface area (Å²) in [6.07, 6.45) is 3.37. The van der Waals surface area contributed by atoms with Gasteiger partial charge in [0.2, 0.25) is 5.91 Å². The van der Waals surface area contributed by atoms with E-state index in [1.807, 2.05) is 25.3 Å². The minimum Gasteiger partial charge on any atom is -0.543 e. The number of fused-ring (bicyclic) bond motifs is 2. The molecule has 142 valence electrons. The maximum atomic E-state index is 12.3. The van der Waals surface area contributed by atoms with Crippen molar-refractivity contribution in [3.05, 3.63) is 40.8 Å². The molecule has 0 saturated carbocycles. The Labute approximate surface area is 188 Å². The zero-order valence-electron chi connectivity index (χ0n) is 15.9. The number of carboxylic acid groups (broad SMARTS) is 1. The van der Waals surface area contributed by atoms with E-state index in [2.05, 4.69) is 10.1 Å². The molecule has 28 heavy (non-hydrogen) atoms. The van der Waals surface area contributed by atoms with E-state index in [9.17, 15) is 19.8 Å². The zero-order chi connectivity index (χ0) is 19.3. The van der Waals surface area contributed by atoms with Crippen molar-refractivity contribution < 1.29 is 49.4 Å². The smallest absolute Gasteiger partial charge is 0.543 e. The third-order valence-corrected chi connectivity index (χ3v) is 6.49. The van der Waals surface area contributed by atoms with Gasteiger partial charge in [0.25, 0.3) is 0 Å². The van der Waals surface area contributed by atoms with Crippen LogP contribution in [-0.4, -0.2) is 54.4 Å². The molecule has 0 bridgehead atoms. The Hall–Kier alpha value is -1.39. The zero-order valence-corrected chi connectivity index (χ0v) is 18.7. The predicted molar refractivity (Wildman–Crippen MR) is 96.2 cm³/mol. The van der Waals surface area contributed by atoms with Crippen LogP contribution < -0.4 is 34.7 Å². The number of β-lactam (4-membered cyclic amide) rings is 1. The van der Waals surface area contributed by atoms with Gasteiger partial charge in [-0.05, 0) is 19.1 Å². The van der Waals surface area contributed by atoms with Crippen molar-refractivity contribution in [3.8, 4) is 0 Å². The van der Waals surface area contributed by atoms with Gasteiger partial charge in [0, 0.05) is 29.2 Å². The number of hydrogen-bond acceptors (Lipinski definition) is 7. The average Bonchev–Trinajstić information content (AvgIpc) is 3.12. The third-order valence-electron chi connectivity index (χ3n) is 5.20. The molecule has 1 saturated heterocycles. The summed E-state index contributed by atoms with van der Waals surface area (Å²) in [6, 6.07) is 3.37. The van der Waals surface area contributed by atoms with Crippen LogP contribution in [0.15, 0.2) is 35.1 Å². The van der Waals surface area contributed by atoms with Gasteiger partial charge in [-0.3, -0.25) is 4.79 Å². The SMILES string of the molecule is CC(O)C1C(=O)N2C(C(=O)[O-])=C(SCCc3cn4ncccc4n3)[C@H](C)C12.[Na+]. The molecule has 2 aromatic rings. The fourth-order valence-electron chi connectivity index (χ4n) is 3.97. The molecule has 4 heterocycles. The molecular weight excluding hydrogens is 391 g/mol. The first-order chi connectivity index (χ1) is 12.9. The van der Waals surface area contributed by atoms with E-state index in [-0.39, 0.29) is 53.1 Å². The average molecular weight is 410 g/mol. The summed E-state index contributed by atoms with van der Waals surface area (Å²) in [5.74, 6) is -1.78. The maximum absolute atomic E-state index is 12.3. The molecule has 0 radical (unpaired) electrons. The summed E-state index contributed by atoms with van der Waals surface area (Å²) in [5, 5.41) is 25.7. The van der Waals surface area contributed by atoms with Gasteiger partial charge in [-0.1, -0.05) is 6.92 Å². The van der Waals surface area contributed by atoms with Crippen LogP contribution in [0.3, 0.4) is 0 Å². The molecule has 2 aliphatic rings. The Morgan fingerprint density at radius 3 is 2.86 bits per heavy atom. The summed E-state index contributed by atoms with van der Waals surface area (Å²) in [4.78, 5) is 30.4. The Balaban J connectivity index is 0.00000225. The van der Waals surface area contributed by atoms with Gasteiger partial charge < -0.3 is 19.9 Å². The van der Waals surface area contributed by atoms with Crippen LogP contribution >= 0.6 is 11.8 Å². The molecule has 1 N–H and O–H groups in total. The van der Waals surface area contributed by atoms with Gasteiger partial charge in [0.1, 0.15) is 0 Å². The summed E-state index contributed by atoms with van der Waals surface area (Å²) in [6.45, 7) is 3.46. The van der Waals surface area contributed by atoms with Crippen molar-refractivity contribution in [2.75, 3.05) is 5.75 Å². The van der Waals surface area contributed by atoms with Crippen LogP contribution in [0.4, 0.5) is 0 Å². The first-order valence-electron chi connectivity index (χ1n) is 8.79. The summed E-state index contributed by atoms with van der Waals surface area (Å²) in [7, 11) is 0. The van der Waals surface area contributed by atoms with E-state index in [1.165, 1.54) is 16.7 Å². The Morgan fingerprint density at radius 2 is 2.21 bits per heavy atom. The van der Waals surface area contributed by atoms with Crippen LogP contribution in [0.2, 0.25) is 0 Å². The Morgan fingerprint density at radius 1 is 1.46 bits per heavy atom. The number of amides is 1. The largest absolute Gasteiger partial charge is 1.00 e. The van der Waals surface area contributed by atoms with Crippen LogP contribution in [0, 0.1) is 11.8 Å². The molecule has 8 nitrogen and oxygen atoms in total. The first kappa shape index (κ1) is 21.3. The molecule has 0 spiro atoms. The number of hydrogen-bond donors (Lipinski definition) is 1. The van der Waals surface area contributed by atoms with Crippen LogP contribution in [-0.2, 0) is 16.0 Å². The van der Waals surface area contributed by atoms with Gasteiger partial charge >= 0.3 is 29.6 Å². The van der Waals surface area contributed by atoms with E-state index in [4.69, 9.17) is 0 Å². The second-order valence-corrected chi connectivity index (χ2v) is 8.05. The number of carbonyl (C=O) groups is 2. The van der Waals surface area contributed by atoms with Gasteiger partial charge in [-0.2, -0.15) is 5.10 Å². The summed E-state index contributed by atoms with van der Waals surface area (Å²) < 4.78 is 1.70. The summed E-state index contributed by atoms with van der Waals surface area (Å²) in [5.41, 5.74) is 1.58. The molecular formula is C18H19N4NaO4S. The number of rotatable bonds is 6. The molecule has 10 heteroatoms. The van der Waals surface area contributed by atoms with Crippen molar-refractivity contribution in [2.45, 2.75) is 32.4 Å². The molecule has 1 fully saturated rings. The normalized spacial score (nSPS) is 24.8. The van der Waals surface area contributed by atoms with E-state index in [0.717, 1.165) is 11.3 Å². The number of imidazole rings is 1. The predicted octanol–water partition coefficient (Wildman–Crippen LogP) is -3.17. The van der Waals surface area contributed by atoms with Gasteiger partial charge in [0.15, 0.2) is 5.65 Å². The fraction of sp³-hybridized carbons (Fsp3) is 0.444. The van der Waals surface area contributed by atoms with Crippen molar-refractivity contribution in [1.82, 2.24) is 19.5 Å². The number of aliphatic carboxylic acids is 1. The first-order valence-corrected chi connectivity index (χ1v) is 9.77. The molecule has 3 unspecified atom stereocenters. The van der Waals surface area contributed by atoms with E-state index in [0.29, 0.717) is 17.1 Å². The Bertz CT molecular complexity index is 927. The van der Waals surface area contributed by atoms with Crippen molar-refractivity contribution >= 4 is 29.3 Å². The van der Waals surface area contributed by atoms with Gasteiger partial charge in [0.05, 0.1) is 41.6 Å². The third kappa shape index (κ3) is 3.39. The topological polar surface area (TPSA) is 111 Å². The number of aliphatic hydroxyl groups excluding tert-OH is 1.